The normalized spacial score (nSPS) is 20.7. The van der Waals surface area contributed by atoms with E-state index < -0.39 is 0 Å². The molecule has 4 heteroatoms. The van der Waals surface area contributed by atoms with Crippen LogP contribution in [0.2, 0.25) is 0 Å². The third-order valence-corrected chi connectivity index (χ3v) is 4.25. The number of nitrogens with zero attached hydrogens (tertiary/aromatic N) is 3. The summed E-state index contributed by atoms with van der Waals surface area (Å²) < 4.78 is 1.90. The van der Waals surface area contributed by atoms with Crippen molar-refractivity contribution in [3.63, 3.8) is 0 Å². The van der Waals surface area contributed by atoms with Gasteiger partial charge in [0.25, 0.3) is 0 Å². The molecule has 1 aliphatic rings. The summed E-state index contributed by atoms with van der Waals surface area (Å²) >= 11 is 2.05. The monoisotopic (exact) mass is 233 g/mol. The number of fused-ring (bicyclic) bond motifs is 1. The summed E-state index contributed by atoms with van der Waals surface area (Å²) in [5.41, 5.74) is 2.19. The highest BCUT2D eigenvalue weighted by molar-refractivity contribution is 7.99. The molecule has 84 valence electrons. The lowest BCUT2D eigenvalue weighted by atomic mass is 10.1. The van der Waals surface area contributed by atoms with Gasteiger partial charge in [-0.3, -0.25) is 0 Å². The summed E-state index contributed by atoms with van der Waals surface area (Å²) in [4.78, 5) is 4.56. The molecule has 2 aromatic rings. The Labute approximate surface area is 99.3 Å². The molecule has 0 spiro atoms. The SMILES string of the molecule is Cc1ccc2nc(CC3CCSC3)nn2c1. The van der Waals surface area contributed by atoms with Crippen molar-refractivity contribution in [1.29, 1.82) is 0 Å². The van der Waals surface area contributed by atoms with Gasteiger partial charge in [-0.15, -0.1) is 0 Å². The van der Waals surface area contributed by atoms with Crippen LogP contribution in [0.3, 0.4) is 0 Å². The summed E-state index contributed by atoms with van der Waals surface area (Å²) in [5, 5.41) is 4.53. The Morgan fingerprint density at radius 3 is 3.25 bits per heavy atom. The van der Waals surface area contributed by atoms with Crippen LogP contribution in [0.4, 0.5) is 0 Å². The first-order valence-corrected chi connectivity index (χ1v) is 6.86. The zero-order chi connectivity index (χ0) is 11.0. The maximum Gasteiger partial charge on any atom is 0.155 e. The number of rotatable bonds is 2. The quantitative estimate of drug-likeness (QED) is 0.797. The van der Waals surface area contributed by atoms with Gasteiger partial charge < -0.3 is 0 Å². The molecular formula is C12H15N3S. The predicted molar refractivity (Wildman–Crippen MR) is 66.9 cm³/mol. The molecular weight excluding hydrogens is 218 g/mol. The Balaban J connectivity index is 1.86. The van der Waals surface area contributed by atoms with Crippen molar-refractivity contribution in [2.75, 3.05) is 11.5 Å². The van der Waals surface area contributed by atoms with Crippen LogP contribution in [0, 0.1) is 12.8 Å². The van der Waals surface area contributed by atoms with Crippen LogP contribution in [0.1, 0.15) is 17.8 Å². The minimum Gasteiger partial charge on any atom is -0.221 e. The number of hydrogen-bond acceptors (Lipinski definition) is 3. The molecule has 0 N–H and O–H groups in total. The second-order valence-corrected chi connectivity index (χ2v) is 5.62. The standard InChI is InChI=1S/C12H15N3S/c1-9-2-3-12-13-11(14-15(12)7-9)6-10-4-5-16-8-10/h2-3,7,10H,4-6,8H2,1H3. The third-order valence-electron chi connectivity index (χ3n) is 3.02. The zero-order valence-electron chi connectivity index (χ0n) is 9.39. The minimum atomic E-state index is 0.781. The van der Waals surface area contributed by atoms with E-state index in [9.17, 15) is 0 Å². The van der Waals surface area contributed by atoms with Crippen molar-refractivity contribution in [1.82, 2.24) is 14.6 Å². The minimum absolute atomic E-state index is 0.781. The molecule has 0 saturated carbocycles. The number of pyridine rings is 1. The molecule has 3 heterocycles. The maximum atomic E-state index is 4.56. The molecule has 0 radical (unpaired) electrons. The molecule has 1 unspecified atom stereocenters. The number of hydrogen-bond donors (Lipinski definition) is 0. The van der Waals surface area contributed by atoms with Crippen molar-refractivity contribution >= 4 is 17.4 Å². The van der Waals surface area contributed by atoms with Gasteiger partial charge in [0.2, 0.25) is 0 Å². The fourth-order valence-electron chi connectivity index (χ4n) is 2.12. The molecule has 1 aliphatic heterocycles. The van der Waals surface area contributed by atoms with E-state index in [-0.39, 0.29) is 0 Å². The zero-order valence-corrected chi connectivity index (χ0v) is 10.2. The van der Waals surface area contributed by atoms with E-state index in [1.165, 1.54) is 23.5 Å². The van der Waals surface area contributed by atoms with Gasteiger partial charge in [0.15, 0.2) is 11.5 Å². The molecule has 0 aliphatic carbocycles. The first-order chi connectivity index (χ1) is 7.81. The van der Waals surface area contributed by atoms with E-state index in [4.69, 9.17) is 0 Å². The Bertz CT molecular complexity index is 500. The fraction of sp³-hybridized carbons (Fsp3) is 0.500. The van der Waals surface area contributed by atoms with Gasteiger partial charge in [-0.05, 0) is 42.4 Å². The lowest BCUT2D eigenvalue weighted by molar-refractivity contribution is 0.575. The highest BCUT2D eigenvalue weighted by Crippen LogP contribution is 2.25. The molecule has 3 rings (SSSR count). The highest BCUT2D eigenvalue weighted by Gasteiger charge is 2.18. The number of aryl methyl sites for hydroxylation is 1. The van der Waals surface area contributed by atoms with Gasteiger partial charge in [0.05, 0.1) is 0 Å². The summed E-state index contributed by atoms with van der Waals surface area (Å²) in [6, 6.07) is 4.12. The van der Waals surface area contributed by atoms with E-state index in [1.54, 1.807) is 0 Å². The first kappa shape index (κ1) is 10.1. The maximum absolute atomic E-state index is 4.56. The fourth-order valence-corrected chi connectivity index (χ4v) is 3.41. The molecule has 2 aromatic heterocycles. The lowest BCUT2D eigenvalue weighted by Crippen LogP contribution is -2.04. The van der Waals surface area contributed by atoms with Crippen LogP contribution >= 0.6 is 11.8 Å². The van der Waals surface area contributed by atoms with Crippen LogP contribution in [0.15, 0.2) is 18.3 Å². The Hall–Kier alpha value is -1.03. The second kappa shape index (κ2) is 4.09. The summed E-state index contributed by atoms with van der Waals surface area (Å²) in [5.74, 6) is 4.35. The molecule has 0 amide bonds. The smallest absolute Gasteiger partial charge is 0.155 e. The Morgan fingerprint density at radius 2 is 2.44 bits per heavy atom. The molecule has 16 heavy (non-hydrogen) atoms. The van der Waals surface area contributed by atoms with Gasteiger partial charge in [-0.1, -0.05) is 6.07 Å². The average Bonchev–Trinajstić information content (AvgIpc) is 2.86. The van der Waals surface area contributed by atoms with Gasteiger partial charge >= 0.3 is 0 Å². The van der Waals surface area contributed by atoms with Crippen molar-refractivity contribution in [2.24, 2.45) is 5.92 Å². The van der Waals surface area contributed by atoms with E-state index in [0.717, 1.165) is 23.8 Å². The Kier molecular flexibility index (Phi) is 2.59. The molecule has 0 bridgehead atoms. The van der Waals surface area contributed by atoms with E-state index >= 15 is 0 Å². The summed E-state index contributed by atoms with van der Waals surface area (Å²) in [7, 11) is 0. The largest absolute Gasteiger partial charge is 0.221 e. The summed E-state index contributed by atoms with van der Waals surface area (Å²) in [6.45, 7) is 2.08. The Morgan fingerprint density at radius 1 is 1.50 bits per heavy atom. The lowest BCUT2D eigenvalue weighted by Gasteiger charge is -2.02. The van der Waals surface area contributed by atoms with Crippen LogP contribution in [0.25, 0.3) is 5.65 Å². The van der Waals surface area contributed by atoms with E-state index in [0.29, 0.717) is 0 Å². The van der Waals surface area contributed by atoms with Crippen LogP contribution in [-0.4, -0.2) is 26.1 Å². The topological polar surface area (TPSA) is 30.2 Å². The molecule has 1 saturated heterocycles. The van der Waals surface area contributed by atoms with Crippen LogP contribution in [0.5, 0.6) is 0 Å². The third kappa shape index (κ3) is 1.94. The molecule has 1 atom stereocenters. The van der Waals surface area contributed by atoms with Crippen molar-refractivity contribution in [2.45, 2.75) is 19.8 Å². The van der Waals surface area contributed by atoms with Crippen molar-refractivity contribution < 1.29 is 0 Å². The van der Waals surface area contributed by atoms with Gasteiger partial charge in [0.1, 0.15) is 0 Å². The average molecular weight is 233 g/mol. The number of thioether (sulfide) groups is 1. The molecule has 1 fully saturated rings. The summed E-state index contributed by atoms with van der Waals surface area (Å²) in [6.07, 6.45) is 4.39. The van der Waals surface area contributed by atoms with E-state index in [2.05, 4.69) is 23.1 Å². The van der Waals surface area contributed by atoms with Gasteiger partial charge in [-0.2, -0.15) is 16.9 Å². The van der Waals surface area contributed by atoms with Crippen molar-refractivity contribution in [3.8, 4) is 0 Å². The predicted octanol–water partition coefficient (Wildman–Crippen LogP) is 2.33. The van der Waals surface area contributed by atoms with Crippen LogP contribution < -0.4 is 0 Å². The first-order valence-electron chi connectivity index (χ1n) is 5.71. The van der Waals surface area contributed by atoms with Crippen molar-refractivity contribution in [3.05, 3.63) is 29.7 Å². The molecule has 3 nitrogen and oxygen atoms in total. The van der Waals surface area contributed by atoms with Gasteiger partial charge in [0, 0.05) is 12.6 Å². The van der Waals surface area contributed by atoms with Gasteiger partial charge in [-0.25, -0.2) is 9.50 Å². The second-order valence-electron chi connectivity index (χ2n) is 4.47. The van der Waals surface area contributed by atoms with E-state index in [1.807, 2.05) is 28.5 Å². The number of aromatic nitrogens is 3. The molecule has 0 aromatic carbocycles. The van der Waals surface area contributed by atoms with Crippen LogP contribution in [-0.2, 0) is 6.42 Å². The highest BCUT2D eigenvalue weighted by atomic mass is 32.2.